The number of pyridine rings is 1. The van der Waals surface area contributed by atoms with Crippen molar-refractivity contribution in [2.45, 2.75) is 0 Å². The Hall–Kier alpha value is -1.62. The van der Waals surface area contributed by atoms with Gasteiger partial charge in [0, 0.05) is 6.20 Å². The highest BCUT2D eigenvalue weighted by Gasteiger charge is 2.19. The number of hydrogen-bond acceptors (Lipinski definition) is 3. The quantitative estimate of drug-likeness (QED) is 0.701. The van der Waals surface area contributed by atoms with Gasteiger partial charge in [0.15, 0.2) is 0 Å². The molecule has 2 rings (SSSR count). The van der Waals surface area contributed by atoms with Crippen molar-refractivity contribution in [3.05, 3.63) is 35.0 Å². The first kappa shape index (κ1) is 9.92. The van der Waals surface area contributed by atoms with Crippen molar-refractivity contribution in [1.82, 2.24) is 9.38 Å². The van der Waals surface area contributed by atoms with E-state index in [1.165, 1.54) is 19.4 Å². The molecule has 78 valence electrons. The van der Waals surface area contributed by atoms with Crippen molar-refractivity contribution in [2.24, 2.45) is 0 Å². The first-order chi connectivity index (χ1) is 7.13. The number of rotatable bonds is 1. The lowest BCUT2D eigenvalue weighted by atomic mass is 10.5. The number of esters is 1. The molecule has 6 heteroatoms. The van der Waals surface area contributed by atoms with Crippen molar-refractivity contribution in [3.63, 3.8) is 0 Å². The van der Waals surface area contributed by atoms with E-state index in [4.69, 9.17) is 11.6 Å². The van der Waals surface area contributed by atoms with Gasteiger partial charge in [-0.2, -0.15) is 4.39 Å². The van der Waals surface area contributed by atoms with Crippen LogP contribution in [-0.2, 0) is 4.74 Å². The number of nitrogens with zero attached hydrogens (tertiary/aromatic N) is 2. The molecule has 2 aromatic heterocycles. The number of aromatic nitrogens is 2. The van der Waals surface area contributed by atoms with Gasteiger partial charge >= 0.3 is 5.97 Å². The van der Waals surface area contributed by atoms with Crippen molar-refractivity contribution < 1.29 is 13.9 Å². The van der Waals surface area contributed by atoms with Crippen LogP contribution >= 0.6 is 11.6 Å². The summed E-state index contributed by atoms with van der Waals surface area (Å²) in [6, 6.07) is 3.07. The zero-order chi connectivity index (χ0) is 11.0. The summed E-state index contributed by atoms with van der Waals surface area (Å²) < 4.78 is 19.1. The summed E-state index contributed by atoms with van der Waals surface area (Å²) in [6.45, 7) is 0. The zero-order valence-electron chi connectivity index (χ0n) is 7.70. The Morgan fingerprint density at radius 2 is 2.33 bits per heavy atom. The summed E-state index contributed by atoms with van der Waals surface area (Å²) in [7, 11) is 1.17. The first-order valence-electron chi connectivity index (χ1n) is 4.05. The molecule has 0 radical (unpaired) electrons. The van der Waals surface area contributed by atoms with E-state index >= 15 is 0 Å². The van der Waals surface area contributed by atoms with Gasteiger partial charge in [0.1, 0.15) is 5.65 Å². The van der Waals surface area contributed by atoms with Crippen LogP contribution in [0.1, 0.15) is 10.5 Å². The fraction of sp³-hybridized carbons (Fsp3) is 0.111. The lowest BCUT2D eigenvalue weighted by molar-refractivity contribution is 0.0589. The van der Waals surface area contributed by atoms with Gasteiger partial charge in [-0.15, -0.1) is 0 Å². The van der Waals surface area contributed by atoms with E-state index in [9.17, 15) is 9.18 Å². The van der Waals surface area contributed by atoms with E-state index in [0.29, 0.717) is 10.7 Å². The van der Waals surface area contributed by atoms with Gasteiger partial charge in [0.25, 0.3) is 0 Å². The maximum atomic E-state index is 13.6. The topological polar surface area (TPSA) is 43.6 Å². The Labute approximate surface area is 89.2 Å². The number of imidazole rings is 1. The average Bonchev–Trinajstić information content (AvgIpc) is 2.55. The lowest BCUT2D eigenvalue weighted by Crippen LogP contribution is -2.04. The minimum absolute atomic E-state index is 0.303. The van der Waals surface area contributed by atoms with Crippen molar-refractivity contribution in [3.8, 4) is 0 Å². The Kier molecular flexibility index (Phi) is 2.32. The Bertz CT molecular complexity index is 538. The van der Waals surface area contributed by atoms with Crippen LogP contribution in [0.3, 0.4) is 0 Å². The number of carbonyl (C=O) groups is 1. The minimum Gasteiger partial charge on any atom is -0.464 e. The van der Waals surface area contributed by atoms with Gasteiger partial charge in [0.2, 0.25) is 11.6 Å². The van der Waals surface area contributed by atoms with Crippen LogP contribution in [0.25, 0.3) is 5.65 Å². The molecule has 0 aliphatic rings. The fourth-order valence-corrected chi connectivity index (χ4v) is 1.38. The molecule has 0 aromatic carbocycles. The normalized spacial score (nSPS) is 10.6. The number of ether oxygens (including phenoxy) is 1. The minimum atomic E-state index is -0.813. The molecule has 0 N–H and O–H groups in total. The number of methoxy groups -OCH3 is 1. The summed E-state index contributed by atoms with van der Waals surface area (Å²) in [5.41, 5.74) is -0.0444. The summed E-state index contributed by atoms with van der Waals surface area (Å²) in [5.74, 6) is -1.59. The molecule has 15 heavy (non-hydrogen) atoms. The molecular weight excluding hydrogens is 223 g/mol. The molecule has 0 saturated heterocycles. The molecular formula is C9H6ClFN2O2. The molecule has 0 bridgehead atoms. The second-order valence-electron chi connectivity index (χ2n) is 2.82. The number of hydrogen-bond donors (Lipinski definition) is 0. The van der Waals surface area contributed by atoms with E-state index in [2.05, 4.69) is 9.72 Å². The molecule has 0 aliphatic heterocycles. The Balaban J connectivity index is 2.69. The fourth-order valence-electron chi connectivity index (χ4n) is 1.22. The molecule has 0 spiro atoms. The van der Waals surface area contributed by atoms with Crippen LogP contribution in [0.5, 0.6) is 0 Å². The average molecular weight is 229 g/mol. The first-order valence-corrected chi connectivity index (χ1v) is 4.42. The zero-order valence-corrected chi connectivity index (χ0v) is 8.45. The van der Waals surface area contributed by atoms with E-state index in [1.54, 1.807) is 6.07 Å². The van der Waals surface area contributed by atoms with Crippen LogP contribution in [0, 0.1) is 5.95 Å². The third-order valence-corrected chi connectivity index (χ3v) is 2.13. The summed E-state index contributed by atoms with van der Waals surface area (Å²) in [4.78, 5) is 14.9. The van der Waals surface area contributed by atoms with E-state index < -0.39 is 11.9 Å². The molecule has 0 fully saturated rings. The van der Waals surface area contributed by atoms with Crippen LogP contribution in [0.2, 0.25) is 5.02 Å². The molecule has 0 unspecified atom stereocenters. The maximum Gasteiger partial charge on any atom is 0.361 e. The van der Waals surface area contributed by atoms with E-state index in [-0.39, 0.29) is 5.69 Å². The van der Waals surface area contributed by atoms with Crippen molar-refractivity contribution >= 4 is 23.2 Å². The highest BCUT2D eigenvalue weighted by Crippen LogP contribution is 2.15. The Morgan fingerprint density at radius 1 is 1.60 bits per heavy atom. The van der Waals surface area contributed by atoms with Crippen molar-refractivity contribution in [1.29, 1.82) is 0 Å². The maximum absolute atomic E-state index is 13.6. The number of carbonyl (C=O) groups excluding carboxylic acids is 1. The molecule has 0 atom stereocenters. The third-order valence-electron chi connectivity index (χ3n) is 1.90. The number of fused-ring (bicyclic) bond motifs is 1. The van der Waals surface area contributed by atoms with Gasteiger partial charge in [-0.3, -0.25) is 4.40 Å². The van der Waals surface area contributed by atoms with E-state index in [0.717, 1.165) is 4.40 Å². The van der Waals surface area contributed by atoms with Crippen molar-refractivity contribution in [2.75, 3.05) is 7.11 Å². The molecule has 0 saturated carbocycles. The highest BCUT2D eigenvalue weighted by atomic mass is 35.5. The predicted octanol–water partition coefficient (Wildman–Crippen LogP) is 1.91. The molecule has 4 nitrogen and oxygen atoms in total. The van der Waals surface area contributed by atoms with Gasteiger partial charge in [-0.1, -0.05) is 11.6 Å². The smallest absolute Gasteiger partial charge is 0.361 e. The Morgan fingerprint density at radius 3 is 3.00 bits per heavy atom. The van der Waals surface area contributed by atoms with Gasteiger partial charge in [-0.25, -0.2) is 9.78 Å². The molecule has 0 amide bonds. The second-order valence-corrected chi connectivity index (χ2v) is 3.25. The summed E-state index contributed by atoms with van der Waals surface area (Å²) in [5, 5.41) is 0.357. The van der Waals surface area contributed by atoms with Crippen LogP contribution in [-0.4, -0.2) is 22.5 Å². The van der Waals surface area contributed by atoms with Gasteiger partial charge in [-0.05, 0) is 12.1 Å². The largest absolute Gasteiger partial charge is 0.464 e. The monoisotopic (exact) mass is 228 g/mol. The molecule has 0 aliphatic carbocycles. The van der Waals surface area contributed by atoms with E-state index in [1.807, 2.05) is 0 Å². The molecule has 2 heterocycles. The highest BCUT2D eigenvalue weighted by molar-refractivity contribution is 6.30. The number of halogens is 2. The third kappa shape index (κ3) is 1.55. The predicted molar refractivity (Wildman–Crippen MR) is 51.5 cm³/mol. The SMILES string of the molecule is COC(=O)c1nc2ccc(Cl)cn2c1F. The molecule has 2 aromatic rings. The van der Waals surface area contributed by atoms with Crippen LogP contribution in [0.4, 0.5) is 4.39 Å². The summed E-state index contributed by atoms with van der Waals surface area (Å²) in [6.07, 6.45) is 1.34. The summed E-state index contributed by atoms with van der Waals surface area (Å²) >= 11 is 5.68. The van der Waals surface area contributed by atoms with Crippen LogP contribution < -0.4 is 0 Å². The second kappa shape index (κ2) is 3.51. The standard InChI is InChI=1S/C9H6ClFN2O2/c1-15-9(14)7-8(11)13-4-5(10)2-3-6(13)12-7/h2-4H,1H3. The van der Waals surface area contributed by atoms with Gasteiger partial charge in [0.05, 0.1) is 12.1 Å². The van der Waals surface area contributed by atoms with Crippen LogP contribution in [0.15, 0.2) is 18.3 Å². The van der Waals surface area contributed by atoms with Gasteiger partial charge < -0.3 is 4.74 Å². The lowest BCUT2D eigenvalue weighted by Gasteiger charge is -1.94.